The van der Waals surface area contributed by atoms with Crippen molar-refractivity contribution in [2.45, 2.75) is 4.90 Å². The molecule has 0 bridgehead atoms. The summed E-state index contributed by atoms with van der Waals surface area (Å²) in [7, 11) is -3.75. The molecule has 0 atom stereocenters. The molecule has 0 saturated carbocycles. The van der Waals surface area contributed by atoms with Crippen LogP contribution >= 0.6 is 0 Å². The van der Waals surface area contributed by atoms with Gasteiger partial charge in [-0.25, -0.2) is 17.2 Å². The Morgan fingerprint density at radius 3 is 2.40 bits per heavy atom. The van der Waals surface area contributed by atoms with Gasteiger partial charge in [0, 0.05) is 18.5 Å². The number of carboxylic acids is 1. The van der Waals surface area contributed by atoms with Gasteiger partial charge in [-0.05, 0) is 41.0 Å². The molecular formula is C19H15NO4S. The van der Waals surface area contributed by atoms with Gasteiger partial charge in [0.1, 0.15) is 0 Å². The first-order valence-electron chi connectivity index (χ1n) is 7.47. The summed E-state index contributed by atoms with van der Waals surface area (Å²) in [5, 5.41) is 8.65. The first-order chi connectivity index (χ1) is 12.0. The molecule has 6 heteroatoms. The second kappa shape index (κ2) is 6.78. The van der Waals surface area contributed by atoms with Gasteiger partial charge in [0.25, 0.3) is 10.0 Å². The van der Waals surface area contributed by atoms with E-state index in [-0.39, 0.29) is 4.90 Å². The van der Waals surface area contributed by atoms with E-state index in [1.54, 1.807) is 12.1 Å². The molecule has 126 valence electrons. The third-order valence-electron chi connectivity index (χ3n) is 3.63. The third-order valence-corrected chi connectivity index (χ3v) is 5.26. The smallest absolute Gasteiger partial charge is 0.328 e. The van der Waals surface area contributed by atoms with Gasteiger partial charge in [-0.1, -0.05) is 42.5 Å². The molecule has 1 heterocycles. The van der Waals surface area contributed by atoms with Crippen LogP contribution in [-0.4, -0.2) is 23.5 Å². The highest BCUT2D eigenvalue weighted by Crippen LogP contribution is 2.24. The maximum Gasteiger partial charge on any atom is 0.328 e. The lowest BCUT2D eigenvalue weighted by Gasteiger charge is -2.08. The van der Waals surface area contributed by atoms with Crippen molar-refractivity contribution >= 4 is 22.1 Å². The summed E-state index contributed by atoms with van der Waals surface area (Å²) in [4.78, 5) is 10.7. The molecule has 0 aliphatic carbocycles. The van der Waals surface area contributed by atoms with Crippen LogP contribution in [0, 0.1) is 0 Å². The minimum absolute atomic E-state index is 0.165. The molecule has 2 aromatic carbocycles. The Balaban J connectivity index is 1.97. The van der Waals surface area contributed by atoms with Gasteiger partial charge in [-0.3, -0.25) is 0 Å². The van der Waals surface area contributed by atoms with E-state index in [1.807, 2.05) is 36.4 Å². The van der Waals surface area contributed by atoms with Gasteiger partial charge < -0.3 is 5.11 Å². The number of aliphatic carboxylic acids is 1. The molecule has 0 radical (unpaired) electrons. The zero-order valence-electron chi connectivity index (χ0n) is 13.1. The molecule has 1 N–H and O–H groups in total. The Bertz CT molecular complexity index is 1030. The van der Waals surface area contributed by atoms with E-state index >= 15 is 0 Å². The van der Waals surface area contributed by atoms with E-state index in [9.17, 15) is 13.2 Å². The summed E-state index contributed by atoms with van der Waals surface area (Å²) in [6, 6.07) is 17.8. The number of hydrogen-bond donors (Lipinski definition) is 1. The molecule has 1 aromatic heterocycles. The summed E-state index contributed by atoms with van der Waals surface area (Å²) in [6.07, 6.45) is 5.08. The van der Waals surface area contributed by atoms with Gasteiger partial charge in [-0.2, -0.15) is 0 Å². The van der Waals surface area contributed by atoms with Crippen LogP contribution in [0.1, 0.15) is 5.56 Å². The van der Waals surface area contributed by atoms with E-state index in [4.69, 9.17) is 5.11 Å². The third kappa shape index (κ3) is 3.70. The second-order valence-electron chi connectivity index (χ2n) is 5.35. The second-order valence-corrected chi connectivity index (χ2v) is 7.19. The summed E-state index contributed by atoms with van der Waals surface area (Å²) in [5.74, 6) is -1.09. The average Bonchev–Trinajstić information content (AvgIpc) is 3.11. The summed E-state index contributed by atoms with van der Waals surface area (Å²) in [5.41, 5.74) is 2.22. The highest BCUT2D eigenvalue weighted by molar-refractivity contribution is 7.90. The number of rotatable bonds is 5. The molecule has 0 aliphatic heterocycles. The maximum atomic E-state index is 12.8. The van der Waals surface area contributed by atoms with Crippen molar-refractivity contribution in [1.29, 1.82) is 0 Å². The first kappa shape index (κ1) is 16.7. The van der Waals surface area contributed by atoms with Crippen molar-refractivity contribution in [3.8, 4) is 11.1 Å². The van der Waals surface area contributed by atoms with Crippen LogP contribution in [0.2, 0.25) is 0 Å². The van der Waals surface area contributed by atoms with Crippen LogP contribution < -0.4 is 0 Å². The molecule has 25 heavy (non-hydrogen) atoms. The minimum Gasteiger partial charge on any atom is -0.478 e. The number of carbonyl (C=O) groups is 1. The number of benzene rings is 2. The maximum absolute atomic E-state index is 12.8. The topological polar surface area (TPSA) is 76.4 Å². The van der Waals surface area contributed by atoms with Crippen LogP contribution in [0.3, 0.4) is 0 Å². The fraction of sp³-hybridized carbons (Fsp3) is 0. The number of carboxylic acid groups (broad SMARTS) is 1. The van der Waals surface area contributed by atoms with Crippen LogP contribution in [0.25, 0.3) is 17.2 Å². The summed E-state index contributed by atoms with van der Waals surface area (Å²) >= 11 is 0. The van der Waals surface area contributed by atoms with Crippen molar-refractivity contribution < 1.29 is 18.3 Å². The minimum atomic E-state index is -3.75. The average molecular weight is 353 g/mol. The molecule has 3 rings (SSSR count). The van der Waals surface area contributed by atoms with Crippen molar-refractivity contribution in [1.82, 2.24) is 3.97 Å². The number of nitrogens with zero attached hydrogens (tertiary/aromatic N) is 1. The lowest BCUT2D eigenvalue weighted by atomic mass is 10.1. The van der Waals surface area contributed by atoms with Gasteiger partial charge >= 0.3 is 5.97 Å². The fourth-order valence-electron chi connectivity index (χ4n) is 2.40. The van der Waals surface area contributed by atoms with Gasteiger partial charge in [-0.15, -0.1) is 0 Å². The molecule has 0 spiro atoms. The molecule has 0 saturated heterocycles. The van der Waals surface area contributed by atoms with Crippen LogP contribution in [-0.2, 0) is 14.8 Å². The first-order valence-corrected chi connectivity index (χ1v) is 8.91. The van der Waals surface area contributed by atoms with Crippen molar-refractivity contribution in [2.24, 2.45) is 0 Å². The van der Waals surface area contributed by atoms with Crippen molar-refractivity contribution in [3.63, 3.8) is 0 Å². The number of aromatic nitrogens is 1. The Morgan fingerprint density at radius 1 is 0.960 bits per heavy atom. The van der Waals surface area contributed by atoms with Gasteiger partial charge in [0.05, 0.1) is 4.90 Å². The van der Waals surface area contributed by atoms with E-state index < -0.39 is 16.0 Å². The Hall–Kier alpha value is -3.12. The SMILES string of the molecule is O=C(O)C=Cc1ccn(S(=O)(=O)c2cccc(-c3ccccc3)c2)c1. The van der Waals surface area contributed by atoms with E-state index in [0.29, 0.717) is 5.56 Å². The van der Waals surface area contributed by atoms with Crippen LogP contribution in [0.15, 0.2) is 84.0 Å². The van der Waals surface area contributed by atoms with Crippen LogP contribution in [0.5, 0.6) is 0 Å². The van der Waals surface area contributed by atoms with E-state index in [1.165, 1.54) is 30.6 Å². The Labute approximate surface area is 145 Å². The summed E-state index contributed by atoms with van der Waals surface area (Å²) in [6.45, 7) is 0. The highest BCUT2D eigenvalue weighted by atomic mass is 32.2. The highest BCUT2D eigenvalue weighted by Gasteiger charge is 2.17. The van der Waals surface area contributed by atoms with Gasteiger partial charge in [0.2, 0.25) is 0 Å². The zero-order valence-corrected chi connectivity index (χ0v) is 13.9. The molecular weight excluding hydrogens is 338 g/mol. The molecule has 5 nitrogen and oxygen atoms in total. The molecule has 3 aromatic rings. The Morgan fingerprint density at radius 2 is 1.68 bits per heavy atom. The predicted molar refractivity (Wildman–Crippen MR) is 95.6 cm³/mol. The van der Waals surface area contributed by atoms with Gasteiger partial charge in [0.15, 0.2) is 0 Å². The van der Waals surface area contributed by atoms with Crippen molar-refractivity contribution in [3.05, 3.63) is 84.7 Å². The van der Waals surface area contributed by atoms with Crippen LogP contribution in [0.4, 0.5) is 0 Å². The molecule has 0 aliphatic rings. The molecule has 0 amide bonds. The van der Waals surface area contributed by atoms with E-state index in [0.717, 1.165) is 21.2 Å². The lowest BCUT2D eigenvalue weighted by Crippen LogP contribution is -2.10. The summed E-state index contributed by atoms with van der Waals surface area (Å²) < 4.78 is 26.7. The largest absolute Gasteiger partial charge is 0.478 e. The zero-order chi connectivity index (χ0) is 17.9. The van der Waals surface area contributed by atoms with Crippen molar-refractivity contribution in [2.75, 3.05) is 0 Å². The molecule has 0 fully saturated rings. The predicted octanol–water partition coefficient (Wildman–Crippen LogP) is 3.49. The lowest BCUT2D eigenvalue weighted by molar-refractivity contribution is -0.131. The number of hydrogen-bond acceptors (Lipinski definition) is 3. The standard InChI is InChI=1S/C19H15NO4S/c21-19(22)10-9-15-11-12-20(14-15)25(23,24)18-8-4-7-17(13-18)16-5-2-1-3-6-16/h1-14H,(H,21,22). The monoisotopic (exact) mass is 353 g/mol. The normalized spacial score (nSPS) is 11.7. The fourth-order valence-corrected chi connectivity index (χ4v) is 3.65. The molecule has 0 unspecified atom stereocenters. The van der Waals surface area contributed by atoms with E-state index in [2.05, 4.69) is 0 Å². The quantitative estimate of drug-likeness (QED) is 0.713. The Kier molecular flexibility index (Phi) is 4.54.